The van der Waals surface area contributed by atoms with Crippen molar-refractivity contribution >= 4 is 38.0 Å². The van der Waals surface area contributed by atoms with Gasteiger partial charge in [0.05, 0.1) is 0 Å². The number of hydrogen-bond acceptors (Lipinski definition) is 3. The van der Waals surface area contributed by atoms with Crippen LogP contribution in [0, 0.1) is 0 Å². The van der Waals surface area contributed by atoms with Gasteiger partial charge < -0.3 is 15.4 Å². The molecule has 1 atom stereocenters. The molecule has 1 rings (SSSR count). The van der Waals surface area contributed by atoms with E-state index in [4.69, 9.17) is 4.74 Å². The van der Waals surface area contributed by atoms with E-state index < -0.39 is 5.60 Å². The van der Waals surface area contributed by atoms with Crippen LogP contribution in [0.2, 0.25) is 0 Å². The van der Waals surface area contributed by atoms with Gasteiger partial charge >= 0.3 is 6.09 Å². The van der Waals surface area contributed by atoms with Gasteiger partial charge in [0, 0.05) is 28.1 Å². The Kier molecular flexibility index (Phi) is 7.16. The molecule has 0 saturated carbocycles. The number of hydrogen-bond donors (Lipinski definition) is 2. The van der Waals surface area contributed by atoms with E-state index in [1.807, 2.05) is 32.9 Å². The SMILES string of the molecule is CC(NCCNC(=O)OC(C)(C)C)c1ccc(Br)cc1Br. The lowest BCUT2D eigenvalue weighted by atomic mass is 10.1. The van der Waals surface area contributed by atoms with Crippen molar-refractivity contribution in [1.29, 1.82) is 0 Å². The number of carbonyl (C=O) groups excluding carboxylic acids is 1. The van der Waals surface area contributed by atoms with Crippen LogP contribution in [0.3, 0.4) is 0 Å². The van der Waals surface area contributed by atoms with Crippen LogP contribution >= 0.6 is 31.9 Å². The van der Waals surface area contributed by atoms with E-state index in [1.54, 1.807) is 0 Å². The van der Waals surface area contributed by atoms with Gasteiger partial charge in [0.2, 0.25) is 0 Å². The number of amides is 1. The molecule has 4 nitrogen and oxygen atoms in total. The smallest absolute Gasteiger partial charge is 0.407 e. The standard InChI is InChI=1S/C15H22Br2N2O2/c1-10(12-6-5-11(16)9-13(12)17)18-7-8-19-14(20)21-15(2,3)4/h5-6,9-10,18H,7-8H2,1-4H3,(H,19,20). The van der Waals surface area contributed by atoms with Crippen LogP contribution in [0.25, 0.3) is 0 Å². The predicted molar refractivity (Wildman–Crippen MR) is 92.5 cm³/mol. The molecule has 0 saturated heterocycles. The third-order valence-electron chi connectivity index (χ3n) is 2.67. The van der Waals surface area contributed by atoms with Gasteiger partial charge in [-0.15, -0.1) is 0 Å². The molecule has 0 spiro atoms. The Balaban J connectivity index is 2.34. The second kappa shape index (κ2) is 8.15. The van der Waals surface area contributed by atoms with E-state index >= 15 is 0 Å². The van der Waals surface area contributed by atoms with Crippen molar-refractivity contribution in [2.45, 2.75) is 39.3 Å². The van der Waals surface area contributed by atoms with Crippen molar-refractivity contribution in [2.75, 3.05) is 13.1 Å². The van der Waals surface area contributed by atoms with Crippen LogP contribution in [0.1, 0.15) is 39.3 Å². The molecule has 0 aliphatic carbocycles. The molecular weight excluding hydrogens is 400 g/mol. The highest BCUT2D eigenvalue weighted by Crippen LogP contribution is 2.26. The zero-order valence-electron chi connectivity index (χ0n) is 12.8. The van der Waals surface area contributed by atoms with E-state index in [-0.39, 0.29) is 12.1 Å². The Morgan fingerprint density at radius 1 is 1.29 bits per heavy atom. The van der Waals surface area contributed by atoms with Crippen molar-refractivity contribution in [3.63, 3.8) is 0 Å². The molecule has 1 aromatic carbocycles. The highest BCUT2D eigenvalue weighted by atomic mass is 79.9. The lowest BCUT2D eigenvalue weighted by molar-refractivity contribution is 0.0528. The fraction of sp³-hybridized carbons (Fsp3) is 0.533. The summed E-state index contributed by atoms with van der Waals surface area (Å²) in [7, 11) is 0. The Labute approximate surface area is 143 Å². The monoisotopic (exact) mass is 420 g/mol. The van der Waals surface area contributed by atoms with Crippen LogP contribution in [-0.4, -0.2) is 24.8 Å². The molecular formula is C15H22Br2N2O2. The van der Waals surface area contributed by atoms with Gasteiger partial charge in [0.25, 0.3) is 0 Å². The number of benzene rings is 1. The van der Waals surface area contributed by atoms with Crippen LogP contribution in [0.5, 0.6) is 0 Å². The van der Waals surface area contributed by atoms with Crippen LogP contribution in [-0.2, 0) is 4.74 Å². The Morgan fingerprint density at radius 2 is 1.95 bits per heavy atom. The number of carbonyl (C=O) groups is 1. The van der Waals surface area contributed by atoms with Crippen LogP contribution in [0.4, 0.5) is 4.79 Å². The highest BCUT2D eigenvalue weighted by molar-refractivity contribution is 9.11. The molecule has 118 valence electrons. The molecule has 0 aliphatic rings. The minimum atomic E-state index is -0.465. The maximum absolute atomic E-state index is 11.5. The molecule has 0 fully saturated rings. The Hall–Kier alpha value is -0.590. The molecule has 21 heavy (non-hydrogen) atoms. The lowest BCUT2D eigenvalue weighted by Gasteiger charge is -2.20. The van der Waals surface area contributed by atoms with Gasteiger partial charge in [0.1, 0.15) is 5.60 Å². The molecule has 0 aliphatic heterocycles. The molecule has 6 heteroatoms. The Morgan fingerprint density at radius 3 is 2.52 bits per heavy atom. The molecule has 0 bridgehead atoms. The summed E-state index contributed by atoms with van der Waals surface area (Å²) in [5, 5.41) is 6.09. The number of nitrogens with one attached hydrogen (secondary N) is 2. The molecule has 2 N–H and O–H groups in total. The third kappa shape index (κ3) is 7.29. The summed E-state index contributed by atoms with van der Waals surface area (Å²) in [6.07, 6.45) is -0.387. The first-order valence-corrected chi connectivity index (χ1v) is 8.43. The number of alkyl carbamates (subject to hydrolysis) is 1. The zero-order valence-corrected chi connectivity index (χ0v) is 16.0. The number of halogens is 2. The molecule has 0 radical (unpaired) electrons. The van der Waals surface area contributed by atoms with E-state index in [0.29, 0.717) is 13.1 Å². The average molecular weight is 422 g/mol. The van der Waals surface area contributed by atoms with Crippen molar-refractivity contribution in [3.05, 3.63) is 32.7 Å². The number of rotatable bonds is 5. The molecule has 1 unspecified atom stereocenters. The summed E-state index contributed by atoms with van der Waals surface area (Å²) in [6, 6.07) is 6.28. The van der Waals surface area contributed by atoms with E-state index in [2.05, 4.69) is 55.5 Å². The minimum absolute atomic E-state index is 0.188. The van der Waals surface area contributed by atoms with Crippen molar-refractivity contribution in [3.8, 4) is 0 Å². The van der Waals surface area contributed by atoms with E-state index in [9.17, 15) is 4.79 Å². The summed E-state index contributed by atoms with van der Waals surface area (Å²) in [4.78, 5) is 11.5. The summed E-state index contributed by atoms with van der Waals surface area (Å²) in [5.74, 6) is 0. The van der Waals surface area contributed by atoms with Crippen molar-refractivity contribution in [2.24, 2.45) is 0 Å². The minimum Gasteiger partial charge on any atom is -0.444 e. The summed E-state index contributed by atoms with van der Waals surface area (Å²) in [6.45, 7) is 8.81. The van der Waals surface area contributed by atoms with Gasteiger partial charge in [-0.25, -0.2) is 4.79 Å². The highest BCUT2D eigenvalue weighted by Gasteiger charge is 2.15. The second-order valence-electron chi connectivity index (χ2n) is 5.77. The second-order valence-corrected chi connectivity index (χ2v) is 7.54. The summed E-state index contributed by atoms with van der Waals surface area (Å²) in [5.41, 5.74) is 0.711. The van der Waals surface area contributed by atoms with Crippen molar-refractivity contribution < 1.29 is 9.53 Å². The van der Waals surface area contributed by atoms with Gasteiger partial charge in [-0.05, 0) is 45.4 Å². The largest absolute Gasteiger partial charge is 0.444 e. The first kappa shape index (κ1) is 18.5. The normalized spacial score (nSPS) is 12.9. The third-order valence-corrected chi connectivity index (χ3v) is 3.85. The summed E-state index contributed by atoms with van der Waals surface area (Å²) >= 11 is 6.99. The average Bonchev–Trinajstić information content (AvgIpc) is 2.32. The van der Waals surface area contributed by atoms with E-state index in [1.165, 1.54) is 5.56 Å². The molecule has 1 amide bonds. The van der Waals surface area contributed by atoms with Gasteiger partial charge in [-0.2, -0.15) is 0 Å². The van der Waals surface area contributed by atoms with E-state index in [0.717, 1.165) is 8.95 Å². The first-order valence-electron chi connectivity index (χ1n) is 6.84. The molecule has 0 heterocycles. The Bertz CT molecular complexity index is 487. The van der Waals surface area contributed by atoms with Gasteiger partial charge in [-0.1, -0.05) is 37.9 Å². The molecule has 1 aromatic rings. The van der Waals surface area contributed by atoms with Gasteiger partial charge in [0.15, 0.2) is 0 Å². The lowest BCUT2D eigenvalue weighted by Crippen LogP contribution is -2.36. The fourth-order valence-electron chi connectivity index (χ4n) is 1.73. The van der Waals surface area contributed by atoms with Crippen molar-refractivity contribution in [1.82, 2.24) is 10.6 Å². The summed E-state index contributed by atoms with van der Waals surface area (Å²) < 4.78 is 7.26. The maximum atomic E-state index is 11.5. The van der Waals surface area contributed by atoms with Gasteiger partial charge in [-0.3, -0.25) is 0 Å². The first-order chi connectivity index (χ1) is 9.69. The zero-order chi connectivity index (χ0) is 16.0. The quantitative estimate of drug-likeness (QED) is 0.693. The number of ether oxygens (including phenoxy) is 1. The fourth-order valence-corrected chi connectivity index (χ4v) is 3.12. The molecule has 0 aromatic heterocycles. The van der Waals surface area contributed by atoms with Crippen LogP contribution in [0.15, 0.2) is 27.1 Å². The topological polar surface area (TPSA) is 50.4 Å². The predicted octanol–water partition coefficient (Wildman–Crippen LogP) is 4.39. The van der Waals surface area contributed by atoms with Crippen LogP contribution < -0.4 is 10.6 Å². The maximum Gasteiger partial charge on any atom is 0.407 e.